The van der Waals surface area contributed by atoms with Gasteiger partial charge < -0.3 is 14.9 Å². The predicted molar refractivity (Wildman–Crippen MR) is 89.1 cm³/mol. The van der Waals surface area contributed by atoms with Crippen molar-refractivity contribution in [2.75, 3.05) is 5.32 Å². The predicted octanol–water partition coefficient (Wildman–Crippen LogP) is 3.04. The molecule has 9 heteroatoms. The van der Waals surface area contributed by atoms with E-state index < -0.39 is 35.6 Å². The molecule has 1 amide bonds. The molecule has 2 aromatic carbocycles. The Bertz CT molecular complexity index is 857. The lowest BCUT2D eigenvalue weighted by atomic mass is 9.98. The van der Waals surface area contributed by atoms with Crippen molar-refractivity contribution in [3.05, 3.63) is 65.2 Å². The highest BCUT2D eigenvalue weighted by molar-refractivity contribution is 5.93. The maximum absolute atomic E-state index is 13.5. The molecule has 0 unspecified atom stereocenters. The Hall–Kier alpha value is -3.49. The number of aliphatic carboxylic acids is 2. The molecule has 0 bridgehead atoms. The number of carboxylic acids is 2. The van der Waals surface area contributed by atoms with E-state index in [1.165, 1.54) is 6.07 Å². The second kappa shape index (κ2) is 8.75. The Morgan fingerprint density at radius 1 is 1.00 bits per heavy atom. The molecule has 0 aliphatic carbocycles. The number of rotatable bonds is 7. The van der Waals surface area contributed by atoms with Gasteiger partial charge in [0.1, 0.15) is 18.2 Å². The van der Waals surface area contributed by atoms with E-state index in [0.717, 1.165) is 12.1 Å². The zero-order valence-corrected chi connectivity index (χ0v) is 13.8. The highest BCUT2D eigenvalue weighted by Crippen LogP contribution is 2.16. The monoisotopic (exact) mass is 379 g/mol. The molecule has 0 radical (unpaired) electrons. The van der Waals surface area contributed by atoms with E-state index in [4.69, 9.17) is 14.9 Å². The molecular formula is C18H15F2NO6. The molecule has 0 saturated carbocycles. The summed E-state index contributed by atoms with van der Waals surface area (Å²) >= 11 is 0. The van der Waals surface area contributed by atoms with Crippen molar-refractivity contribution in [2.24, 2.45) is 5.92 Å². The summed E-state index contributed by atoms with van der Waals surface area (Å²) in [5, 5.41) is 20.0. The van der Waals surface area contributed by atoms with E-state index in [1.54, 1.807) is 18.2 Å². The van der Waals surface area contributed by atoms with Crippen molar-refractivity contribution >= 4 is 23.7 Å². The van der Waals surface area contributed by atoms with Crippen molar-refractivity contribution in [1.29, 1.82) is 0 Å². The summed E-state index contributed by atoms with van der Waals surface area (Å²) in [7, 11) is 0. The number of amides is 1. The average Bonchev–Trinajstić information content (AvgIpc) is 2.60. The Balaban J connectivity index is 1.96. The fourth-order valence-corrected chi connectivity index (χ4v) is 2.25. The summed E-state index contributed by atoms with van der Waals surface area (Å²) in [6.45, 7) is -0.215. The zero-order valence-electron chi connectivity index (χ0n) is 13.8. The van der Waals surface area contributed by atoms with Crippen LogP contribution in [0.15, 0.2) is 42.5 Å². The molecule has 0 heterocycles. The van der Waals surface area contributed by atoms with Gasteiger partial charge in [-0.25, -0.2) is 13.6 Å². The maximum atomic E-state index is 13.5. The molecule has 0 atom stereocenters. The van der Waals surface area contributed by atoms with E-state index in [1.807, 2.05) is 0 Å². The molecular weight excluding hydrogens is 364 g/mol. The summed E-state index contributed by atoms with van der Waals surface area (Å²) in [6.07, 6.45) is -1.20. The Labute approximate surface area is 152 Å². The number of carbonyl (C=O) groups excluding carboxylic acids is 1. The third kappa shape index (κ3) is 5.77. The zero-order chi connectivity index (χ0) is 20.0. The summed E-state index contributed by atoms with van der Waals surface area (Å²) in [4.78, 5) is 33.6. The fraction of sp³-hybridized carbons (Fsp3) is 0.167. The molecule has 2 rings (SSSR count). The van der Waals surface area contributed by atoms with Crippen LogP contribution in [0.4, 0.5) is 19.3 Å². The van der Waals surface area contributed by atoms with Crippen molar-refractivity contribution in [3.8, 4) is 0 Å². The second-order valence-corrected chi connectivity index (χ2v) is 5.58. The molecule has 2 aromatic rings. The topological polar surface area (TPSA) is 113 Å². The second-order valence-electron chi connectivity index (χ2n) is 5.58. The number of hydrogen-bond acceptors (Lipinski definition) is 4. The normalized spacial score (nSPS) is 10.5. The quantitative estimate of drug-likeness (QED) is 0.638. The Kier molecular flexibility index (Phi) is 6.42. The van der Waals surface area contributed by atoms with Crippen LogP contribution in [0, 0.1) is 17.6 Å². The molecule has 142 valence electrons. The number of nitrogens with one attached hydrogen (secondary N) is 1. The standard InChI is InChI=1S/C18H15F2NO6/c19-12-4-5-15(14(20)8-12)21-18(26)27-9-11-3-1-2-10(6-11)7-13(16(22)23)17(24)25/h1-6,8,13H,7,9H2,(H,21,26)(H,22,23)(H,24,25). The molecule has 27 heavy (non-hydrogen) atoms. The molecule has 0 spiro atoms. The molecule has 0 fully saturated rings. The maximum Gasteiger partial charge on any atom is 0.412 e. The van der Waals surface area contributed by atoms with Gasteiger partial charge in [0, 0.05) is 6.07 Å². The van der Waals surface area contributed by atoms with Gasteiger partial charge in [0.25, 0.3) is 0 Å². The lowest BCUT2D eigenvalue weighted by Gasteiger charge is -2.10. The number of halogens is 2. The van der Waals surface area contributed by atoms with Gasteiger partial charge in [-0.2, -0.15) is 0 Å². The first kappa shape index (κ1) is 19.8. The summed E-state index contributed by atoms with van der Waals surface area (Å²) in [5.74, 6) is -6.24. The van der Waals surface area contributed by atoms with Crippen LogP contribution in [0.2, 0.25) is 0 Å². The van der Waals surface area contributed by atoms with Crippen LogP contribution in [-0.4, -0.2) is 28.2 Å². The first-order valence-corrected chi connectivity index (χ1v) is 7.68. The summed E-state index contributed by atoms with van der Waals surface area (Å²) in [6, 6.07) is 8.84. The van der Waals surface area contributed by atoms with E-state index in [-0.39, 0.29) is 18.7 Å². The van der Waals surface area contributed by atoms with Crippen LogP contribution in [-0.2, 0) is 27.4 Å². The van der Waals surface area contributed by atoms with Crippen LogP contribution >= 0.6 is 0 Å². The minimum atomic E-state index is -1.59. The van der Waals surface area contributed by atoms with Gasteiger partial charge in [0.05, 0.1) is 5.69 Å². The average molecular weight is 379 g/mol. The Morgan fingerprint density at radius 3 is 2.30 bits per heavy atom. The third-order valence-electron chi connectivity index (χ3n) is 3.57. The van der Waals surface area contributed by atoms with Crippen LogP contribution in [0.5, 0.6) is 0 Å². The summed E-state index contributed by atoms with van der Waals surface area (Å²) in [5.41, 5.74) is 0.675. The number of ether oxygens (including phenoxy) is 1. The first-order valence-electron chi connectivity index (χ1n) is 7.68. The summed E-state index contributed by atoms with van der Waals surface area (Å²) < 4.78 is 31.2. The minimum Gasteiger partial charge on any atom is -0.481 e. The highest BCUT2D eigenvalue weighted by atomic mass is 19.1. The number of hydrogen-bond donors (Lipinski definition) is 3. The van der Waals surface area contributed by atoms with Gasteiger partial charge in [0.15, 0.2) is 5.92 Å². The smallest absolute Gasteiger partial charge is 0.412 e. The number of carboxylic acid groups (broad SMARTS) is 2. The van der Waals surface area contributed by atoms with E-state index >= 15 is 0 Å². The van der Waals surface area contributed by atoms with E-state index in [2.05, 4.69) is 5.32 Å². The number of carbonyl (C=O) groups is 3. The van der Waals surface area contributed by atoms with Gasteiger partial charge in [-0.15, -0.1) is 0 Å². The van der Waals surface area contributed by atoms with Crippen molar-refractivity contribution in [2.45, 2.75) is 13.0 Å². The fourth-order valence-electron chi connectivity index (χ4n) is 2.25. The van der Waals surface area contributed by atoms with Gasteiger partial charge in [-0.1, -0.05) is 24.3 Å². The molecule has 0 saturated heterocycles. The molecule has 0 aliphatic heterocycles. The largest absolute Gasteiger partial charge is 0.481 e. The first-order chi connectivity index (χ1) is 12.8. The Morgan fingerprint density at radius 2 is 1.67 bits per heavy atom. The number of benzene rings is 2. The van der Waals surface area contributed by atoms with Gasteiger partial charge in [0.2, 0.25) is 0 Å². The lowest BCUT2D eigenvalue weighted by molar-refractivity contribution is -0.154. The molecule has 0 aromatic heterocycles. The van der Waals surface area contributed by atoms with Gasteiger partial charge in [-0.3, -0.25) is 14.9 Å². The molecule has 3 N–H and O–H groups in total. The van der Waals surface area contributed by atoms with Gasteiger partial charge >= 0.3 is 18.0 Å². The van der Waals surface area contributed by atoms with Crippen LogP contribution < -0.4 is 5.32 Å². The highest BCUT2D eigenvalue weighted by Gasteiger charge is 2.25. The van der Waals surface area contributed by atoms with E-state index in [9.17, 15) is 23.2 Å². The third-order valence-corrected chi connectivity index (χ3v) is 3.57. The SMILES string of the molecule is O=C(Nc1ccc(F)cc1F)OCc1cccc(CC(C(=O)O)C(=O)O)c1. The van der Waals surface area contributed by atoms with Crippen molar-refractivity contribution in [3.63, 3.8) is 0 Å². The van der Waals surface area contributed by atoms with Gasteiger partial charge in [-0.05, 0) is 29.7 Å². The van der Waals surface area contributed by atoms with Crippen molar-refractivity contribution in [1.82, 2.24) is 0 Å². The minimum absolute atomic E-state index is 0.215. The van der Waals surface area contributed by atoms with Crippen LogP contribution in [0.1, 0.15) is 11.1 Å². The molecule has 0 aliphatic rings. The van der Waals surface area contributed by atoms with Crippen molar-refractivity contribution < 1.29 is 38.1 Å². The lowest BCUT2D eigenvalue weighted by Crippen LogP contribution is -2.25. The van der Waals surface area contributed by atoms with E-state index in [0.29, 0.717) is 17.2 Å². The van der Waals surface area contributed by atoms with Crippen LogP contribution in [0.3, 0.4) is 0 Å². The number of anilines is 1. The van der Waals surface area contributed by atoms with Crippen LogP contribution in [0.25, 0.3) is 0 Å². The molecule has 7 nitrogen and oxygen atoms in total.